The molecule has 0 aliphatic heterocycles. The Morgan fingerprint density at radius 3 is 2.14 bits per heavy atom. The van der Waals surface area contributed by atoms with E-state index >= 15 is 0 Å². The summed E-state index contributed by atoms with van der Waals surface area (Å²) in [5.74, 6) is -6.29. The van der Waals surface area contributed by atoms with Gasteiger partial charge < -0.3 is 20.6 Å². The molecule has 1 saturated carbocycles. The second-order valence-electron chi connectivity index (χ2n) is 5.67. The summed E-state index contributed by atoms with van der Waals surface area (Å²) >= 11 is 0. The van der Waals surface area contributed by atoms with Crippen LogP contribution in [0, 0.1) is 23.7 Å². The van der Waals surface area contributed by atoms with Gasteiger partial charge in [0.25, 0.3) is 0 Å². The van der Waals surface area contributed by atoms with Gasteiger partial charge in [0.2, 0.25) is 5.91 Å². The summed E-state index contributed by atoms with van der Waals surface area (Å²) in [6.07, 6.45) is 3.51. The molecule has 0 saturated heterocycles. The molecule has 5 atom stereocenters. The number of nitrogens with one attached hydrogen (secondary N) is 1. The summed E-state index contributed by atoms with van der Waals surface area (Å²) in [7, 11) is 0. The zero-order chi connectivity index (χ0) is 16.4. The largest absolute Gasteiger partial charge is 0.481 e. The maximum absolute atomic E-state index is 12.3. The van der Waals surface area contributed by atoms with Crippen LogP contribution in [-0.4, -0.2) is 45.2 Å². The molecular weight excluding hydrogens is 294 g/mol. The Balaban J connectivity index is 2.06. The number of aliphatic carboxylic acids is 3. The molecule has 0 heterocycles. The maximum Gasteiger partial charge on any atom is 0.326 e. The normalized spacial score (nSPS) is 30.0. The molecule has 0 unspecified atom stereocenters. The van der Waals surface area contributed by atoms with E-state index in [4.69, 9.17) is 10.2 Å². The van der Waals surface area contributed by atoms with Gasteiger partial charge in [-0.1, -0.05) is 12.2 Å². The van der Waals surface area contributed by atoms with E-state index in [2.05, 4.69) is 5.32 Å². The minimum atomic E-state index is -1.33. The van der Waals surface area contributed by atoms with Crippen molar-refractivity contribution in [1.82, 2.24) is 5.32 Å². The number of amides is 1. The van der Waals surface area contributed by atoms with E-state index in [-0.39, 0.29) is 18.3 Å². The predicted octanol–water partition coefficient (Wildman–Crippen LogP) is -0.0565. The predicted molar refractivity (Wildman–Crippen MR) is 71.8 cm³/mol. The highest BCUT2D eigenvalue weighted by atomic mass is 16.4. The zero-order valence-corrected chi connectivity index (χ0v) is 11.6. The van der Waals surface area contributed by atoms with Gasteiger partial charge in [-0.15, -0.1) is 0 Å². The fourth-order valence-electron chi connectivity index (χ4n) is 3.31. The van der Waals surface area contributed by atoms with Gasteiger partial charge in [-0.3, -0.25) is 14.4 Å². The van der Waals surface area contributed by atoms with Crippen molar-refractivity contribution >= 4 is 23.8 Å². The van der Waals surface area contributed by atoms with Crippen LogP contribution < -0.4 is 5.32 Å². The number of carboxylic acids is 3. The SMILES string of the molecule is O=C(O)CC[C@H](NC(=O)[C@H]1[C@H](C(=O)O)[C@H]2C=C[C@H]1C2)C(=O)O. The van der Waals surface area contributed by atoms with Crippen LogP contribution in [-0.2, 0) is 19.2 Å². The van der Waals surface area contributed by atoms with E-state index in [1.54, 1.807) is 12.2 Å². The third-order valence-corrected chi connectivity index (χ3v) is 4.31. The fourth-order valence-corrected chi connectivity index (χ4v) is 3.31. The van der Waals surface area contributed by atoms with E-state index in [0.29, 0.717) is 6.42 Å². The van der Waals surface area contributed by atoms with Gasteiger partial charge in [0, 0.05) is 6.42 Å². The van der Waals surface area contributed by atoms with Crippen molar-refractivity contribution in [2.24, 2.45) is 23.7 Å². The number of rotatable bonds is 7. The van der Waals surface area contributed by atoms with Crippen LogP contribution in [0.25, 0.3) is 0 Å². The van der Waals surface area contributed by atoms with Crippen molar-refractivity contribution in [1.29, 1.82) is 0 Å². The first-order valence-electron chi connectivity index (χ1n) is 6.97. The highest BCUT2D eigenvalue weighted by Gasteiger charge is 2.52. The Morgan fingerprint density at radius 2 is 1.64 bits per heavy atom. The minimum absolute atomic E-state index is 0.208. The number of allylic oxidation sites excluding steroid dienone is 2. The van der Waals surface area contributed by atoms with E-state index in [1.165, 1.54) is 0 Å². The Kier molecular flexibility index (Phi) is 4.48. The number of carboxylic acid groups (broad SMARTS) is 3. The molecule has 1 fully saturated rings. The summed E-state index contributed by atoms with van der Waals surface area (Å²) in [6, 6.07) is -1.33. The number of carbonyl (C=O) groups excluding carboxylic acids is 1. The lowest BCUT2D eigenvalue weighted by molar-refractivity contribution is -0.149. The average molecular weight is 311 g/mol. The molecule has 2 aliphatic rings. The van der Waals surface area contributed by atoms with Gasteiger partial charge >= 0.3 is 17.9 Å². The molecule has 22 heavy (non-hydrogen) atoms. The topological polar surface area (TPSA) is 141 Å². The van der Waals surface area contributed by atoms with Crippen LogP contribution in [0.5, 0.6) is 0 Å². The Labute approximate surface area is 125 Å². The van der Waals surface area contributed by atoms with Crippen LogP contribution in [0.15, 0.2) is 12.2 Å². The van der Waals surface area contributed by atoms with Crippen LogP contribution in [0.2, 0.25) is 0 Å². The average Bonchev–Trinajstić information content (AvgIpc) is 3.02. The van der Waals surface area contributed by atoms with Gasteiger partial charge in [-0.05, 0) is 24.7 Å². The molecular formula is C14H17NO7. The zero-order valence-electron chi connectivity index (χ0n) is 11.6. The fraction of sp³-hybridized carbons (Fsp3) is 0.571. The van der Waals surface area contributed by atoms with Gasteiger partial charge in [0.15, 0.2) is 0 Å². The van der Waals surface area contributed by atoms with Crippen molar-refractivity contribution in [2.75, 3.05) is 0 Å². The molecule has 120 valence electrons. The molecule has 4 N–H and O–H groups in total. The van der Waals surface area contributed by atoms with Gasteiger partial charge in [0.1, 0.15) is 6.04 Å². The molecule has 8 nitrogen and oxygen atoms in total. The third-order valence-electron chi connectivity index (χ3n) is 4.31. The van der Waals surface area contributed by atoms with Crippen molar-refractivity contribution in [3.63, 3.8) is 0 Å². The van der Waals surface area contributed by atoms with Crippen molar-refractivity contribution < 1.29 is 34.5 Å². The minimum Gasteiger partial charge on any atom is -0.481 e. The summed E-state index contributed by atoms with van der Waals surface area (Å²) in [5.41, 5.74) is 0. The van der Waals surface area contributed by atoms with E-state index in [1.807, 2.05) is 0 Å². The summed E-state index contributed by atoms with van der Waals surface area (Å²) in [4.78, 5) is 45.2. The second-order valence-corrected chi connectivity index (χ2v) is 5.67. The standard InChI is InChI=1S/C14H17NO7/c16-9(17)4-3-8(13(19)20)15-12(18)10-6-1-2-7(5-6)11(10)14(21)22/h1-2,6-8,10-11H,3-5H2,(H,15,18)(H,16,17)(H,19,20)(H,21,22)/t6-,7-,8-,10+,11+/m0/s1. The number of hydrogen-bond acceptors (Lipinski definition) is 4. The van der Waals surface area contributed by atoms with Crippen molar-refractivity contribution in [2.45, 2.75) is 25.3 Å². The van der Waals surface area contributed by atoms with Crippen molar-refractivity contribution in [3.05, 3.63) is 12.2 Å². The lowest BCUT2D eigenvalue weighted by Crippen LogP contribution is -2.47. The number of hydrogen-bond donors (Lipinski definition) is 4. The van der Waals surface area contributed by atoms with Gasteiger partial charge in [0.05, 0.1) is 11.8 Å². The van der Waals surface area contributed by atoms with E-state index in [0.717, 1.165) is 0 Å². The highest BCUT2D eigenvalue weighted by Crippen LogP contribution is 2.48. The molecule has 0 aromatic carbocycles. The molecule has 0 spiro atoms. The van der Waals surface area contributed by atoms with Gasteiger partial charge in [-0.2, -0.15) is 0 Å². The summed E-state index contributed by atoms with van der Waals surface area (Å²) in [6.45, 7) is 0. The lowest BCUT2D eigenvalue weighted by atomic mass is 9.82. The Hall–Kier alpha value is -2.38. The molecule has 8 heteroatoms. The highest BCUT2D eigenvalue weighted by molar-refractivity contribution is 5.90. The number of fused-ring (bicyclic) bond motifs is 2. The Bertz CT molecular complexity index is 541. The lowest BCUT2D eigenvalue weighted by Gasteiger charge is -2.25. The molecule has 0 aromatic heterocycles. The smallest absolute Gasteiger partial charge is 0.326 e. The third kappa shape index (κ3) is 3.10. The first-order valence-corrected chi connectivity index (χ1v) is 6.97. The van der Waals surface area contributed by atoms with Crippen LogP contribution in [0.4, 0.5) is 0 Å². The number of carbonyl (C=O) groups is 4. The second kappa shape index (κ2) is 6.17. The maximum atomic E-state index is 12.3. The summed E-state index contributed by atoms with van der Waals surface area (Å²) < 4.78 is 0. The molecule has 2 aliphatic carbocycles. The monoisotopic (exact) mass is 311 g/mol. The van der Waals surface area contributed by atoms with Gasteiger partial charge in [-0.25, -0.2) is 4.79 Å². The van der Waals surface area contributed by atoms with Crippen molar-refractivity contribution in [3.8, 4) is 0 Å². The van der Waals surface area contributed by atoms with E-state index in [9.17, 15) is 24.3 Å². The molecule has 2 rings (SSSR count). The van der Waals surface area contributed by atoms with Crippen LogP contribution in [0.3, 0.4) is 0 Å². The molecule has 2 bridgehead atoms. The molecule has 0 aromatic rings. The van der Waals surface area contributed by atoms with Crippen LogP contribution >= 0.6 is 0 Å². The van der Waals surface area contributed by atoms with Crippen LogP contribution in [0.1, 0.15) is 19.3 Å². The molecule has 1 amide bonds. The van der Waals surface area contributed by atoms with E-state index < -0.39 is 48.1 Å². The quantitative estimate of drug-likeness (QED) is 0.483. The first kappa shape index (κ1) is 16.0. The first-order chi connectivity index (χ1) is 10.3. The summed E-state index contributed by atoms with van der Waals surface area (Å²) in [5, 5.41) is 29.2. The Morgan fingerprint density at radius 1 is 1.05 bits per heavy atom. The molecule has 0 radical (unpaired) electrons.